The molecule has 1 aliphatic heterocycles. The summed E-state index contributed by atoms with van der Waals surface area (Å²) in [5, 5.41) is 10.9. The molecular weight excluding hydrogens is 294 g/mol. The molecule has 1 atom stereocenters. The van der Waals surface area contributed by atoms with Crippen LogP contribution in [0.5, 0.6) is 0 Å². The SMILES string of the molecule is C=C(/C=C\C1=C(C)OCO1)C1C=c2c(CC(=O)O)c[nH]c2=CC1. The molecule has 0 amide bonds. The maximum absolute atomic E-state index is 11.0. The van der Waals surface area contributed by atoms with Gasteiger partial charge in [-0.05, 0) is 35.8 Å². The summed E-state index contributed by atoms with van der Waals surface area (Å²) < 4.78 is 10.6. The Morgan fingerprint density at radius 2 is 2.35 bits per heavy atom. The molecule has 0 aromatic carbocycles. The molecule has 1 aromatic heterocycles. The molecule has 0 spiro atoms. The Bertz CT molecular complexity index is 826. The number of carboxylic acid groups (broad SMARTS) is 1. The summed E-state index contributed by atoms with van der Waals surface area (Å²) in [6.45, 7) is 6.25. The first-order valence-electron chi connectivity index (χ1n) is 7.48. The van der Waals surface area contributed by atoms with E-state index < -0.39 is 5.97 Å². The highest BCUT2D eigenvalue weighted by Crippen LogP contribution is 2.22. The molecule has 2 N–H and O–H groups in total. The fourth-order valence-electron chi connectivity index (χ4n) is 2.77. The number of ether oxygens (including phenoxy) is 2. The van der Waals surface area contributed by atoms with Crippen LogP contribution in [0.4, 0.5) is 0 Å². The lowest BCUT2D eigenvalue weighted by atomic mass is 9.91. The number of allylic oxidation sites excluding steroid dienone is 4. The van der Waals surface area contributed by atoms with E-state index >= 15 is 0 Å². The van der Waals surface area contributed by atoms with Gasteiger partial charge < -0.3 is 19.6 Å². The summed E-state index contributed by atoms with van der Waals surface area (Å²) in [5.41, 5.74) is 1.75. The van der Waals surface area contributed by atoms with Gasteiger partial charge in [0.1, 0.15) is 5.76 Å². The molecule has 5 nitrogen and oxygen atoms in total. The topological polar surface area (TPSA) is 71.6 Å². The minimum Gasteiger partial charge on any atom is -0.481 e. The third-order valence-electron chi connectivity index (χ3n) is 4.09. The molecule has 5 heteroatoms. The van der Waals surface area contributed by atoms with Gasteiger partial charge in [-0.25, -0.2) is 0 Å². The summed E-state index contributed by atoms with van der Waals surface area (Å²) in [7, 11) is 0. The van der Waals surface area contributed by atoms with Crippen molar-refractivity contribution in [2.45, 2.75) is 19.8 Å². The monoisotopic (exact) mass is 313 g/mol. The average Bonchev–Trinajstić information content (AvgIpc) is 3.10. The molecule has 120 valence electrons. The number of carbonyl (C=O) groups is 1. The molecule has 0 saturated carbocycles. The van der Waals surface area contributed by atoms with Crippen molar-refractivity contribution in [1.82, 2.24) is 4.98 Å². The van der Waals surface area contributed by atoms with Gasteiger partial charge in [0.15, 0.2) is 5.76 Å². The molecule has 2 aliphatic rings. The van der Waals surface area contributed by atoms with Gasteiger partial charge in [0.2, 0.25) is 6.79 Å². The Balaban J connectivity index is 1.81. The zero-order valence-corrected chi connectivity index (χ0v) is 13.0. The lowest BCUT2D eigenvalue weighted by molar-refractivity contribution is -0.136. The molecule has 0 fully saturated rings. The van der Waals surface area contributed by atoms with E-state index in [1.54, 1.807) is 6.20 Å². The molecule has 0 bridgehead atoms. The first-order chi connectivity index (χ1) is 11.0. The molecule has 23 heavy (non-hydrogen) atoms. The van der Waals surface area contributed by atoms with Crippen molar-refractivity contribution in [2.75, 3.05) is 6.79 Å². The summed E-state index contributed by atoms with van der Waals surface area (Å²) >= 11 is 0. The number of hydrogen-bond acceptors (Lipinski definition) is 3. The van der Waals surface area contributed by atoms with Gasteiger partial charge in [-0.15, -0.1) is 0 Å². The zero-order chi connectivity index (χ0) is 16.4. The first kappa shape index (κ1) is 15.2. The molecule has 2 heterocycles. The van der Waals surface area contributed by atoms with Crippen LogP contribution in [0, 0.1) is 5.92 Å². The Labute approximate surface area is 133 Å². The number of carboxylic acids is 1. The normalized spacial score (nSPS) is 19.6. The lowest BCUT2D eigenvalue weighted by Gasteiger charge is -2.13. The van der Waals surface area contributed by atoms with Crippen molar-refractivity contribution >= 4 is 18.1 Å². The highest BCUT2D eigenvalue weighted by atomic mass is 16.7. The van der Waals surface area contributed by atoms with Crippen LogP contribution in [0.1, 0.15) is 18.9 Å². The lowest BCUT2D eigenvalue weighted by Crippen LogP contribution is -2.30. The van der Waals surface area contributed by atoms with E-state index in [0.717, 1.165) is 39.6 Å². The Morgan fingerprint density at radius 3 is 3.04 bits per heavy atom. The minimum atomic E-state index is -0.832. The number of hydrogen-bond donors (Lipinski definition) is 2. The largest absolute Gasteiger partial charge is 0.481 e. The van der Waals surface area contributed by atoms with Gasteiger partial charge >= 0.3 is 5.97 Å². The first-order valence-corrected chi connectivity index (χ1v) is 7.48. The second-order valence-corrected chi connectivity index (χ2v) is 5.66. The maximum atomic E-state index is 11.0. The van der Waals surface area contributed by atoms with E-state index in [0.29, 0.717) is 0 Å². The molecular formula is C18H19NO4. The van der Waals surface area contributed by atoms with E-state index in [9.17, 15) is 4.79 Å². The van der Waals surface area contributed by atoms with Crippen molar-refractivity contribution in [1.29, 1.82) is 0 Å². The van der Waals surface area contributed by atoms with Crippen molar-refractivity contribution in [2.24, 2.45) is 5.92 Å². The Hall–Kier alpha value is -2.69. The molecule has 1 unspecified atom stereocenters. The highest BCUT2D eigenvalue weighted by Gasteiger charge is 2.15. The zero-order valence-electron chi connectivity index (χ0n) is 13.0. The Kier molecular flexibility index (Phi) is 4.10. The van der Waals surface area contributed by atoms with E-state index in [2.05, 4.69) is 23.7 Å². The number of aromatic amines is 1. The van der Waals surface area contributed by atoms with Crippen LogP contribution in [-0.4, -0.2) is 22.9 Å². The number of rotatable bonds is 5. The van der Waals surface area contributed by atoms with E-state index in [4.69, 9.17) is 14.6 Å². The summed E-state index contributed by atoms with van der Waals surface area (Å²) in [6, 6.07) is 0. The maximum Gasteiger partial charge on any atom is 0.307 e. The van der Waals surface area contributed by atoms with Crippen LogP contribution in [0.15, 0.2) is 42.0 Å². The average molecular weight is 313 g/mol. The quantitative estimate of drug-likeness (QED) is 0.810. The third-order valence-corrected chi connectivity index (χ3v) is 4.09. The van der Waals surface area contributed by atoms with Crippen molar-refractivity contribution in [3.05, 3.63) is 58.2 Å². The summed E-state index contributed by atoms with van der Waals surface area (Å²) in [6.07, 6.45) is 10.6. The number of H-pyrrole nitrogens is 1. The Morgan fingerprint density at radius 1 is 1.52 bits per heavy atom. The standard InChI is InChI=1S/C18H19NO4/c1-11(3-6-17-12(2)22-10-23-17)13-4-5-16-15(7-13)14(9-19-16)8-18(20)21/h3,5-7,9,13,19H,1,4,8,10H2,2H3,(H,20,21)/b6-3-. The predicted molar refractivity (Wildman–Crippen MR) is 86.4 cm³/mol. The van der Waals surface area contributed by atoms with Crippen LogP contribution in [0.3, 0.4) is 0 Å². The van der Waals surface area contributed by atoms with Crippen LogP contribution in [0.2, 0.25) is 0 Å². The second kappa shape index (κ2) is 6.20. The van der Waals surface area contributed by atoms with E-state index in [1.165, 1.54) is 0 Å². The van der Waals surface area contributed by atoms with Gasteiger partial charge in [0.05, 0.1) is 6.42 Å². The molecule has 3 rings (SSSR count). The van der Waals surface area contributed by atoms with Crippen molar-refractivity contribution < 1.29 is 19.4 Å². The van der Waals surface area contributed by atoms with Crippen LogP contribution < -0.4 is 10.6 Å². The molecule has 0 saturated heterocycles. The summed E-state index contributed by atoms with van der Waals surface area (Å²) in [4.78, 5) is 14.1. The van der Waals surface area contributed by atoms with E-state index in [-0.39, 0.29) is 19.1 Å². The van der Waals surface area contributed by atoms with Gasteiger partial charge in [0.25, 0.3) is 0 Å². The van der Waals surface area contributed by atoms with Crippen molar-refractivity contribution in [3.63, 3.8) is 0 Å². The number of nitrogens with one attached hydrogen (secondary N) is 1. The molecule has 1 aromatic rings. The van der Waals surface area contributed by atoms with Gasteiger partial charge in [-0.1, -0.05) is 24.8 Å². The van der Waals surface area contributed by atoms with Gasteiger partial charge in [0, 0.05) is 17.5 Å². The minimum absolute atomic E-state index is 0.0163. The summed E-state index contributed by atoms with van der Waals surface area (Å²) in [5.74, 6) is 0.803. The number of aliphatic carboxylic acids is 1. The van der Waals surface area contributed by atoms with Crippen LogP contribution in [-0.2, 0) is 20.7 Å². The van der Waals surface area contributed by atoms with Crippen molar-refractivity contribution in [3.8, 4) is 0 Å². The van der Waals surface area contributed by atoms with E-state index in [1.807, 2.05) is 19.1 Å². The number of fused-ring (bicyclic) bond motifs is 1. The third kappa shape index (κ3) is 3.23. The molecule has 1 aliphatic carbocycles. The predicted octanol–water partition coefficient (Wildman–Crippen LogP) is 1.57. The smallest absolute Gasteiger partial charge is 0.307 e. The van der Waals surface area contributed by atoms with Gasteiger partial charge in [-0.2, -0.15) is 0 Å². The molecule has 0 radical (unpaired) electrons. The van der Waals surface area contributed by atoms with Crippen LogP contribution >= 0.6 is 0 Å². The fraction of sp³-hybridized carbons (Fsp3) is 0.278. The second-order valence-electron chi connectivity index (χ2n) is 5.66. The fourth-order valence-corrected chi connectivity index (χ4v) is 2.77. The highest BCUT2D eigenvalue weighted by molar-refractivity contribution is 5.70. The van der Waals surface area contributed by atoms with Crippen LogP contribution in [0.25, 0.3) is 12.2 Å². The number of aromatic nitrogens is 1. The van der Waals surface area contributed by atoms with Gasteiger partial charge in [-0.3, -0.25) is 4.79 Å².